The van der Waals surface area contributed by atoms with Crippen molar-refractivity contribution in [1.29, 1.82) is 0 Å². The van der Waals surface area contributed by atoms with E-state index in [4.69, 9.17) is 20.8 Å². The Morgan fingerprint density at radius 2 is 1.76 bits per heavy atom. The van der Waals surface area contributed by atoms with Crippen molar-refractivity contribution in [3.63, 3.8) is 0 Å². The number of aromatic nitrogens is 2. The number of aromatic amines is 1. The Hall–Kier alpha value is -4.12. The largest absolute Gasteiger partial charge is 0.488 e. The van der Waals surface area contributed by atoms with Crippen molar-refractivity contribution in [2.45, 2.75) is 20.3 Å². The molecule has 0 aliphatic carbocycles. The van der Waals surface area contributed by atoms with Crippen LogP contribution in [0.1, 0.15) is 28.5 Å². The van der Waals surface area contributed by atoms with Gasteiger partial charge in [-0.05, 0) is 31.1 Å². The van der Waals surface area contributed by atoms with Crippen molar-refractivity contribution in [2.24, 2.45) is 7.05 Å². The van der Waals surface area contributed by atoms with Crippen LogP contribution in [0.15, 0.2) is 49.2 Å². The zero-order valence-electron chi connectivity index (χ0n) is 21.3. The minimum Gasteiger partial charge on any atom is -0.488 e. The highest BCUT2D eigenvalue weighted by Crippen LogP contribution is 2.32. The van der Waals surface area contributed by atoms with E-state index < -0.39 is 22.8 Å². The van der Waals surface area contributed by atoms with Gasteiger partial charge in [-0.15, -0.1) is 0 Å². The minimum atomic E-state index is -0.684. The first-order valence-electron chi connectivity index (χ1n) is 11.9. The normalized spacial score (nSPS) is 13.6. The van der Waals surface area contributed by atoms with E-state index in [9.17, 15) is 24.0 Å². The second-order valence-corrected chi connectivity index (χ2v) is 9.66. The molecular weight excluding hydrogens is 516 g/mol. The molecule has 3 aromatic rings. The first-order chi connectivity index (χ1) is 18.0. The molecule has 0 bridgehead atoms. The van der Waals surface area contributed by atoms with E-state index in [2.05, 4.69) is 11.6 Å². The molecule has 38 heavy (non-hydrogen) atoms. The minimum absolute atomic E-state index is 0.103. The zero-order chi connectivity index (χ0) is 27.7. The van der Waals surface area contributed by atoms with E-state index in [1.165, 1.54) is 11.9 Å². The summed E-state index contributed by atoms with van der Waals surface area (Å²) in [5.74, 6) is -0.427. The molecule has 0 atom stereocenters. The number of amides is 2. The Labute approximate surface area is 221 Å². The number of benzene rings is 1. The Kier molecular flexibility index (Phi) is 7.58. The lowest BCUT2D eigenvalue weighted by atomic mass is 10.0. The predicted molar refractivity (Wildman–Crippen MR) is 141 cm³/mol. The maximum atomic E-state index is 13.0. The van der Waals surface area contributed by atoms with Crippen LogP contribution >= 0.6 is 11.6 Å². The van der Waals surface area contributed by atoms with Gasteiger partial charge in [-0.25, -0.2) is 9.59 Å². The summed E-state index contributed by atoms with van der Waals surface area (Å²) >= 11 is 6.37. The van der Waals surface area contributed by atoms with Gasteiger partial charge in [-0.1, -0.05) is 18.2 Å². The Morgan fingerprint density at radius 1 is 1.11 bits per heavy atom. The van der Waals surface area contributed by atoms with E-state index in [-0.39, 0.29) is 56.4 Å². The van der Waals surface area contributed by atoms with Gasteiger partial charge in [0, 0.05) is 50.7 Å². The summed E-state index contributed by atoms with van der Waals surface area (Å²) in [5, 5.41) is 0.935. The van der Waals surface area contributed by atoms with Gasteiger partial charge in [0.1, 0.15) is 23.6 Å². The zero-order valence-corrected chi connectivity index (χ0v) is 22.0. The summed E-state index contributed by atoms with van der Waals surface area (Å²) in [6.07, 6.45) is -0.175. The van der Waals surface area contributed by atoms with Gasteiger partial charge >= 0.3 is 11.3 Å². The highest BCUT2D eigenvalue weighted by molar-refractivity contribution is 6.32. The van der Waals surface area contributed by atoms with Gasteiger partial charge in [0.05, 0.1) is 17.0 Å². The van der Waals surface area contributed by atoms with Crippen LogP contribution in [0.25, 0.3) is 11.0 Å². The predicted octanol–water partition coefficient (Wildman–Crippen LogP) is 1.62. The summed E-state index contributed by atoms with van der Waals surface area (Å²) in [4.78, 5) is 67.7. The summed E-state index contributed by atoms with van der Waals surface area (Å²) in [5.41, 5.74) is -0.0891. The molecule has 1 aromatic carbocycles. The van der Waals surface area contributed by atoms with Gasteiger partial charge in [-0.2, -0.15) is 0 Å². The van der Waals surface area contributed by atoms with Crippen LogP contribution in [0, 0.1) is 6.92 Å². The first-order valence-corrected chi connectivity index (χ1v) is 12.2. The molecule has 1 saturated heterocycles. The van der Waals surface area contributed by atoms with Crippen molar-refractivity contribution >= 4 is 34.4 Å². The molecule has 1 N–H and O–H groups in total. The fraction of sp³-hybridized carbons (Fsp3) is 0.346. The highest BCUT2D eigenvalue weighted by Gasteiger charge is 2.27. The van der Waals surface area contributed by atoms with E-state index in [0.29, 0.717) is 27.3 Å². The van der Waals surface area contributed by atoms with Gasteiger partial charge < -0.3 is 23.9 Å². The van der Waals surface area contributed by atoms with Gasteiger partial charge in [0.25, 0.3) is 11.5 Å². The van der Waals surface area contributed by atoms with Gasteiger partial charge in [0.2, 0.25) is 5.91 Å². The molecule has 1 aliphatic heterocycles. The topological polar surface area (TPSA) is 135 Å². The molecule has 0 saturated carbocycles. The fourth-order valence-electron chi connectivity index (χ4n) is 4.17. The number of aryl methyl sites for hydroxylation is 1. The Balaban J connectivity index is 1.47. The van der Waals surface area contributed by atoms with E-state index >= 15 is 0 Å². The van der Waals surface area contributed by atoms with Gasteiger partial charge in [0.15, 0.2) is 0 Å². The monoisotopic (exact) mass is 542 g/mol. The Morgan fingerprint density at radius 3 is 2.39 bits per heavy atom. The molecule has 200 valence electrons. The van der Waals surface area contributed by atoms with E-state index in [1.54, 1.807) is 24.0 Å². The van der Waals surface area contributed by atoms with Crippen LogP contribution in [0.3, 0.4) is 0 Å². The van der Waals surface area contributed by atoms with Crippen LogP contribution in [-0.4, -0.2) is 64.0 Å². The average molecular weight is 543 g/mol. The van der Waals surface area contributed by atoms with Crippen molar-refractivity contribution < 1.29 is 18.7 Å². The van der Waals surface area contributed by atoms with Crippen LogP contribution < -0.4 is 21.6 Å². The molecule has 2 amide bonds. The number of fused-ring (bicyclic) bond motifs is 1. The molecule has 0 spiro atoms. The summed E-state index contributed by atoms with van der Waals surface area (Å²) in [7, 11) is 1.31. The standard InChI is InChI=1S/C26H27ClN4O7/c1-14(2)13-37-21-12-20-16(9-18(21)27)15(3)17(25(35)38-20)10-23(33)30-5-7-31(8-6-30)24(34)19-11-22(32)29(4)26(36)28-19/h9,11-12H,1,5-8,10,13H2,2-4H3,(H,28,36). The number of piperazine rings is 1. The van der Waals surface area contributed by atoms with Gasteiger partial charge in [-0.3, -0.25) is 19.0 Å². The number of hydrogen-bond acceptors (Lipinski definition) is 7. The molecule has 1 aliphatic rings. The second kappa shape index (κ2) is 10.7. The average Bonchev–Trinajstić information content (AvgIpc) is 2.88. The molecule has 12 heteroatoms. The van der Waals surface area contributed by atoms with Crippen LogP contribution in [0.2, 0.25) is 5.02 Å². The van der Waals surface area contributed by atoms with E-state index in [1.807, 2.05) is 6.92 Å². The molecule has 0 radical (unpaired) electrons. The highest BCUT2D eigenvalue weighted by atomic mass is 35.5. The number of carbonyl (C=O) groups excluding carboxylic acids is 2. The number of nitrogens with one attached hydrogen (secondary N) is 1. The SMILES string of the molecule is C=C(C)COc1cc2oc(=O)c(CC(=O)N3CCN(C(=O)c4cc(=O)n(C)c(=O)[nH]4)CC3)c(C)c2cc1Cl. The number of hydrogen-bond donors (Lipinski definition) is 1. The fourth-order valence-corrected chi connectivity index (χ4v) is 4.39. The number of carbonyl (C=O) groups is 2. The molecule has 3 heterocycles. The third-order valence-corrected chi connectivity index (χ3v) is 6.73. The molecule has 4 rings (SSSR count). The van der Waals surface area contributed by atoms with E-state index in [0.717, 1.165) is 16.2 Å². The molecule has 11 nitrogen and oxygen atoms in total. The molecular formula is C26H27ClN4O7. The van der Waals surface area contributed by atoms with Crippen LogP contribution in [0.4, 0.5) is 0 Å². The van der Waals surface area contributed by atoms with Crippen LogP contribution in [0.5, 0.6) is 5.75 Å². The number of rotatable bonds is 6. The number of nitrogens with zero attached hydrogens (tertiary/aromatic N) is 3. The lowest BCUT2D eigenvalue weighted by molar-refractivity contribution is -0.132. The van der Waals surface area contributed by atoms with Crippen molar-refractivity contribution in [3.05, 3.63) is 83.5 Å². The van der Waals surface area contributed by atoms with Crippen molar-refractivity contribution in [3.8, 4) is 5.75 Å². The summed E-state index contributed by atoms with van der Waals surface area (Å²) in [6, 6.07) is 4.26. The van der Waals surface area contributed by atoms with Crippen molar-refractivity contribution in [1.82, 2.24) is 19.4 Å². The molecule has 2 aromatic heterocycles. The third kappa shape index (κ3) is 5.42. The molecule has 0 unspecified atom stereocenters. The third-order valence-electron chi connectivity index (χ3n) is 6.44. The Bertz CT molecular complexity index is 1600. The van der Waals surface area contributed by atoms with Crippen LogP contribution in [-0.2, 0) is 18.3 Å². The van der Waals surface area contributed by atoms with Crippen molar-refractivity contribution in [2.75, 3.05) is 32.8 Å². The lowest BCUT2D eigenvalue weighted by Gasteiger charge is -2.34. The smallest absolute Gasteiger partial charge is 0.340 e. The maximum Gasteiger partial charge on any atom is 0.340 e. The second-order valence-electron chi connectivity index (χ2n) is 9.25. The lowest BCUT2D eigenvalue weighted by Crippen LogP contribution is -2.51. The quantitative estimate of drug-likeness (QED) is 0.369. The number of ether oxygens (including phenoxy) is 1. The molecule has 1 fully saturated rings. The maximum absolute atomic E-state index is 13.0. The summed E-state index contributed by atoms with van der Waals surface area (Å²) < 4.78 is 12.0. The number of H-pyrrole nitrogens is 1. The number of halogens is 1. The first kappa shape index (κ1) is 26.9. The summed E-state index contributed by atoms with van der Waals surface area (Å²) in [6.45, 7) is 8.46.